The summed E-state index contributed by atoms with van der Waals surface area (Å²) in [5, 5.41) is 3.10. The molecule has 0 amide bonds. The Morgan fingerprint density at radius 2 is 2.00 bits per heavy atom. The van der Waals surface area contributed by atoms with Gasteiger partial charge in [-0.05, 0) is 31.1 Å². The second-order valence-electron chi connectivity index (χ2n) is 4.49. The number of allylic oxidation sites excluding steroid dienone is 4. The minimum Gasteiger partial charge on any atom is -0.482 e. The van der Waals surface area contributed by atoms with E-state index in [0.29, 0.717) is 0 Å². The number of alkyl halides is 3. The Bertz CT molecular complexity index is 485. The summed E-state index contributed by atoms with van der Waals surface area (Å²) in [4.78, 5) is 0. The van der Waals surface area contributed by atoms with Crippen LogP contribution in [0, 0.1) is 0 Å². The highest BCUT2D eigenvalue weighted by molar-refractivity contribution is 5.39. The highest BCUT2D eigenvalue weighted by Gasteiger charge is 2.38. The van der Waals surface area contributed by atoms with Gasteiger partial charge < -0.3 is 10.1 Å². The van der Waals surface area contributed by atoms with Crippen LogP contribution in [0.1, 0.15) is 12.8 Å². The van der Waals surface area contributed by atoms with E-state index in [4.69, 9.17) is 4.74 Å². The van der Waals surface area contributed by atoms with Gasteiger partial charge in [-0.25, -0.2) is 0 Å². The van der Waals surface area contributed by atoms with Crippen molar-refractivity contribution in [1.29, 1.82) is 0 Å². The first-order valence-corrected chi connectivity index (χ1v) is 5.85. The molecule has 2 atom stereocenters. The fraction of sp³-hybridized carbons (Fsp3) is 0.385. The molecule has 0 saturated carbocycles. The van der Waals surface area contributed by atoms with Crippen molar-refractivity contribution < 1.29 is 17.9 Å². The predicted molar refractivity (Wildman–Crippen MR) is 60.5 cm³/mol. The van der Waals surface area contributed by atoms with Crippen LogP contribution in [0.25, 0.3) is 0 Å². The lowest BCUT2D eigenvalue weighted by atomic mass is 9.96. The Balaban J connectivity index is 1.86. The van der Waals surface area contributed by atoms with E-state index in [1.807, 2.05) is 12.2 Å². The van der Waals surface area contributed by atoms with E-state index in [0.717, 1.165) is 30.4 Å². The van der Waals surface area contributed by atoms with Crippen molar-refractivity contribution >= 4 is 0 Å². The van der Waals surface area contributed by atoms with E-state index >= 15 is 0 Å². The molecule has 0 aromatic heterocycles. The van der Waals surface area contributed by atoms with Crippen LogP contribution in [-0.4, -0.2) is 18.3 Å². The fourth-order valence-electron chi connectivity index (χ4n) is 2.31. The van der Waals surface area contributed by atoms with Gasteiger partial charge in [0.1, 0.15) is 11.9 Å². The highest BCUT2D eigenvalue weighted by Crippen LogP contribution is 2.34. The van der Waals surface area contributed by atoms with Crippen molar-refractivity contribution in [3.63, 3.8) is 0 Å². The summed E-state index contributed by atoms with van der Waals surface area (Å²) in [6.07, 6.45) is 4.80. The average Bonchev–Trinajstić information content (AvgIpc) is 2.34. The molecule has 0 aromatic carbocycles. The number of ether oxygens (including phenoxy) is 1. The summed E-state index contributed by atoms with van der Waals surface area (Å²) >= 11 is 0. The normalized spacial score (nSPS) is 30.1. The third-order valence-electron chi connectivity index (χ3n) is 3.20. The van der Waals surface area contributed by atoms with Crippen LogP contribution in [0.2, 0.25) is 0 Å². The molecule has 3 aliphatic rings. The molecule has 0 aromatic rings. The first-order chi connectivity index (χ1) is 8.54. The van der Waals surface area contributed by atoms with Crippen LogP contribution in [0.3, 0.4) is 0 Å². The van der Waals surface area contributed by atoms with Crippen molar-refractivity contribution in [3.8, 4) is 0 Å². The summed E-state index contributed by atoms with van der Waals surface area (Å²) in [5.74, 6) is 0.746. The molecule has 5 heteroatoms. The molecular weight excluding hydrogens is 243 g/mol. The third-order valence-corrected chi connectivity index (χ3v) is 3.20. The monoisotopic (exact) mass is 255 g/mol. The molecule has 0 spiro atoms. The number of fused-ring (bicyclic) bond motifs is 2. The quantitative estimate of drug-likeness (QED) is 0.718. The topological polar surface area (TPSA) is 21.3 Å². The van der Waals surface area contributed by atoms with Crippen LogP contribution in [0.15, 0.2) is 47.4 Å². The van der Waals surface area contributed by atoms with E-state index in [2.05, 4.69) is 5.32 Å². The molecule has 1 saturated heterocycles. The summed E-state index contributed by atoms with van der Waals surface area (Å²) in [6, 6.07) is -0.451. The molecule has 0 bridgehead atoms. The molecule has 1 fully saturated rings. The van der Waals surface area contributed by atoms with Gasteiger partial charge in [0.25, 0.3) is 0 Å². The van der Waals surface area contributed by atoms with Crippen LogP contribution in [0.5, 0.6) is 0 Å². The van der Waals surface area contributed by atoms with Gasteiger partial charge in [-0.3, -0.25) is 0 Å². The number of halogens is 3. The molecule has 18 heavy (non-hydrogen) atoms. The zero-order chi connectivity index (χ0) is 12.8. The number of nitrogens with one attached hydrogen (secondary N) is 1. The molecule has 96 valence electrons. The first kappa shape index (κ1) is 11.4. The van der Waals surface area contributed by atoms with E-state index in [1.54, 1.807) is 0 Å². The molecule has 1 heterocycles. The van der Waals surface area contributed by atoms with Gasteiger partial charge in [-0.15, -0.1) is 0 Å². The fourth-order valence-corrected chi connectivity index (χ4v) is 2.31. The van der Waals surface area contributed by atoms with Gasteiger partial charge in [-0.2, -0.15) is 13.2 Å². The zero-order valence-electron chi connectivity index (χ0n) is 9.50. The Hall–Kier alpha value is -1.65. The van der Waals surface area contributed by atoms with E-state index in [-0.39, 0.29) is 6.10 Å². The van der Waals surface area contributed by atoms with Gasteiger partial charge in [0.05, 0.1) is 17.3 Å². The second kappa shape index (κ2) is 3.93. The Morgan fingerprint density at radius 1 is 1.22 bits per heavy atom. The minimum atomic E-state index is -4.31. The summed E-state index contributed by atoms with van der Waals surface area (Å²) < 4.78 is 43.5. The van der Waals surface area contributed by atoms with Gasteiger partial charge in [0.15, 0.2) is 0 Å². The number of morpholine rings is 1. The van der Waals surface area contributed by atoms with Crippen molar-refractivity contribution in [1.82, 2.24) is 5.32 Å². The molecular formula is C13H12F3NO. The van der Waals surface area contributed by atoms with Crippen molar-refractivity contribution in [2.24, 2.45) is 0 Å². The van der Waals surface area contributed by atoms with Crippen LogP contribution >= 0.6 is 0 Å². The smallest absolute Gasteiger partial charge is 0.416 e. The first-order valence-electron chi connectivity index (χ1n) is 5.85. The molecule has 2 aliphatic carbocycles. The third kappa shape index (κ3) is 1.94. The lowest BCUT2D eigenvalue weighted by Crippen LogP contribution is -2.46. The van der Waals surface area contributed by atoms with Gasteiger partial charge in [0.2, 0.25) is 0 Å². The van der Waals surface area contributed by atoms with Gasteiger partial charge in [0, 0.05) is 0 Å². The van der Waals surface area contributed by atoms with Crippen LogP contribution in [0.4, 0.5) is 13.2 Å². The predicted octanol–water partition coefficient (Wildman–Crippen LogP) is 2.96. The Morgan fingerprint density at radius 3 is 2.78 bits per heavy atom. The summed E-state index contributed by atoms with van der Waals surface area (Å²) in [7, 11) is 0. The lowest BCUT2D eigenvalue weighted by molar-refractivity contribution is -0.0893. The maximum absolute atomic E-state index is 12.6. The minimum absolute atomic E-state index is 0.363. The average molecular weight is 255 g/mol. The maximum Gasteiger partial charge on any atom is 0.416 e. The van der Waals surface area contributed by atoms with Crippen LogP contribution in [-0.2, 0) is 4.74 Å². The molecule has 0 radical (unpaired) electrons. The molecule has 1 aliphatic heterocycles. The summed E-state index contributed by atoms with van der Waals surface area (Å²) in [6.45, 7) is 0. The van der Waals surface area contributed by atoms with Crippen LogP contribution < -0.4 is 5.32 Å². The SMILES string of the molecule is FC(F)(F)C1=CC2NC3=CCCC=C3OC2C=C1. The number of hydrogen-bond donors (Lipinski definition) is 1. The van der Waals surface area contributed by atoms with E-state index in [9.17, 15) is 13.2 Å². The highest BCUT2D eigenvalue weighted by atomic mass is 19.4. The number of rotatable bonds is 0. The maximum atomic E-state index is 12.6. The summed E-state index contributed by atoms with van der Waals surface area (Å²) in [5.41, 5.74) is 0.180. The largest absolute Gasteiger partial charge is 0.482 e. The van der Waals surface area contributed by atoms with E-state index < -0.39 is 17.8 Å². The Labute approximate surface area is 103 Å². The zero-order valence-corrected chi connectivity index (χ0v) is 9.50. The van der Waals surface area contributed by atoms with Crippen molar-refractivity contribution in [3.05, 3.63) is 47.4 Å². The number of hydrogen-bond acceptors (Lipinski definition) is 2. The molecule has 2 unspecified atom stereocenters. The van der Waals surface area contributed by atoms with Gasteiger partial charge >= 0.3 is 6.18 Å². The standard InChI is InChI=1S/C13H12F3NO/c14-13(15,16)8-5-6-12-10(7-8)17-9-3-1-2-4-11(9)18-12/h3-7,10,12,17H,1-2H2. The van der Waals surface area contributed by atoms with Gasteiger partial charge in [-0.1, -0.05) is 12.2 Å². The lowest BCUT2D eigenvalue weighted by Gasteiger charge is -2.37. The molecule has 3 rings (SSSR count). The second-order valence-corrected chi connectivity index (χ2v) is 4.49. The van der Waals surface area contributed by atoms with E-state index in [1.165, 1.54) is 12.2 Å². The molecule has 2 nitrogen and oxygen atoms in total. The van der Waals surface area contributed by atoms with Crippen molar-refractivity contribution in [2.75, 3.05) is 0 Å². The van der Waals surface area contributed by atoms with Crippen molar-refractivity contribution in [2.45, 2.75) is 31.2 Å². The Kier molecular flexibility index (Phi) is 2.50. The molecule has 1 N–H and O–H groups in total.